The molecule has 0 radical (unpaired) electrons. The van der Waals surface area contributed by atoms with Gasteiger partial charge in [0.05, 0.1) is 6.10 Å². The lowest BCUT2D eigenvalue weighted by Gasteiger charge is -2.14. The highest BCUT2D eigenvalue weighted by molar-refractivity contribution is 5.73. The number of carbonyl (C=O) groups is 1. The zero-order chi connectivity index (χ0) is 14.3. The molecule has 1 atom stereocenters. The summed E-state index contributed by atoms with van der Waals surface area (Å²) in [6.45, 7) is 6.89. The van der Waals surface area contributed by atoms with Crippen LogP contribution in [0.5, 0.6) is 0 Å². The lowest BCUT2D eigenvalue weighted by molar-refractivity contribution is 0.147. The van der Waals surface area contributed by atoms with Crippen molar-refractivity contribution in [3.8, 4) is 0 Å². The van der Waals surface area contributed by atoms with E-state index in [1.807, 2.05) is 45.0 Å². The normalized spacial score (nSPS) is 12.3. The third-order valence-corrected chi connectivity index (χ3v) is 2.82. The Bertz CT molecular complexity index is 388. The van der Waals surface area contributed by atoms with Crippen LogP contribution in [0.3, 0.4) is 0 Å². The molecule has 3 N–H and O–H groups in total. The second kappa shape index (κ2) is 7.79. The molecular weight excluding hydrogens is 240 g/mol. The zero-order valence-electron chi connectivity index (χ0n) is 11.9. The van der Waals surface area contributed by atoms with E-state index in [-0.39, 0.29) is 12.6 Å². The molecule has 1 aromatic carbocycles. The Morgan fingerprint density at radius 2 is 1.84 bits per heavy atom. The van der Waals surface area contributed by atoms with Gasteiger partial charge in [-0.3, -0.25) is 0 Å². The Morgan fingerprint density at radius 1 is 1.21 bits per heavy atom. The molecule has 0 saturated heterocycles. The lowest BCUT2D eigenvalue weighted by Crippen LogP contribution is -2.39. The van der Waals surface area contributed by atoms with Crippen LogP contribution in [-0.4, -0.2) is 23.8 Å². The van der Waals surface area contributed by atoms with E-state index in [4.69, 9.17) is 0 Å². The van der Waals surface area contributed by atoms with Gasteiger partial charge in [0.15, 0.2) is 0 Å². The average molecular weight is 264 g/mol. The van der Waals surface area contributed by atoms with Crippen LogP contribution < -0.4 is 10.6 Å². The lowest BCUT2D eigenvalue weighted by atomic mass is 10.1. The quantitative estimate of drug-likeness (QED) is 0.737. The molecule has 0 aliphatic heterocycles. The van der Waals surface area contributed by atoms with Crippen molar-refractivity contribution in [1.29, 1.82) is 0 Å². The first-order chi connectivity index (χ1) is 8.97. The molecule has 2 amide bonds. The first-order valence-corrected chi connectivity index (χ1v) is 6.72. The van der Waals surface area contributed by atoms with Crippen LogP contribution in [0.2, 0.25) is 0 Å². The molecule has 4 heteroatoms. The molecule has 0 spiro atoms. The number of benzene rings is 1. The number of hydrogen-bond donors (Lipinski definition) is 3. The summed E-state index contributed by atoms with van der Waals surface area (Å²) in [5.74, 6) is 0.424. The van der Waals surface area contributed by atoms with E-state index >= 15 is 0 Å². The number of urea groups is 1. The van der Waals surface area contributed by atoms with Crippen molar-refractivity contribution < 1.29 is 9.90 Å². The zero-order valence-corrected chi connectivity index (χ0v) is 11.9. The molecule has 1 unspecified atom stereocenters. The number of carbonyl (C=O) groups excluding carboxylic acids is 1. The van der Waals surface area contributed by atoms with Crippen molar-refractivity contribution in [2.24, 2.45) is 5.92 Å². The van der Waals surface area contributed by atoms with Crippen molar-refractivity contribution >= 4 is 6.03 Å². The molecule has 0 aromatic heterocycles. The van der Waals surface area contributed by atoms with Gasteiger partial charge in [-0.05, 0) is 24.8 Å². The van der Waals surface area contributed by atoms with Gasteiger partial charge in [0.25, 0.3) is 0 Å². The van der Waals surface area contributed by atoms with Crippen LogP contribution in [0, 0.1) is 12.8 Å². The second-order valence-corrected chi connectivity index (χ2v) is 5.33. The second-order valence-electron chi connectivity index (χ2n) is 5.33. The van der Waals surface area contributed by atoms with E-state index in [1.165, 1.54) is 5.56 Å². The van der Waals surface area contributed by atoms with Crippen LogP contribution >= 0.6 is 0 Å². The fraction of sp³-hybridized carbons (Fsp3) is 0.533. The highest BCUT2D eigenvalue weighted by atomic mass is 16.3. The fourth-order valence-electron chi connectivity index (χ4n) is 1.79. The van der Waals surface area contributed by atoms with Gasteiger partial charge in [0.2, 0.25) is 0 Å². The Morgan fingerprint density at radius 3 is 2.42 bits per heavy atom. The summed E-state index contributed by atoms with van der Waals surface area (Å²) in [7, 11) is 0. The predicted molar refractivity (Wildman–Crippen MR) is 76.9 cm³/mol. The van der Waals surface area contributed by atoms with E-state index in [9.17, 15) is 9.90 Å². The molecule has 19 heavy (non-hydrogen) atoms. The number of aliphatic hydroxyl groups is 1. The third kappa shape index (κ3) is 6.82. The largest absolute Gasteiger partial charge is 0.391 e. The van der Waals surface area contributed by atoms with Gasteiger partial charge in [0.1, 0.15) is 0 Å². The van der Waals surface area contributed by atoms with Gasteiger partial charge in [-0.15, -0.1) is 0 Å². The van der Waals surface area contributed by atoms with E-state index in [1.54, 1.807) is 0 Å². The summed E-state index contributed by atoms with van der Waals surface area (Å²) < 4.78 is 0. The summed E-state index contributed by atoms with van der Waals surface area (Å²) in [4.78, 5) is 11.5. The van der Waals surface area contributed by atoms with Gasteiger partial charge in [-0.25, -0.2) is 4.79 Å². The minimum atomic E-state index is -0.481. The Balaban J connectivity index is 2.22. The molecular formula is C15H24N2O2. The molecule has 0 saturated carbocycles. The molecule has 106 valence electrons. The van der Waals surface area contributed by atoms with Crippen LogP contribution in [0.25, 0.3) is 0 Å². The maximum absolute atomic E-state index is 11.5. The van der Waals surface area contributed by atoms with Crippen molar-refractivity contribution in [3.63, 3.8) is 0 Å². The van der Waals surface area contributed by atoms with Gasteiger partial charge >= 0.3 is 6.03 Å². The van der Waals surface area contributed by atoms with Crippen molar-refractivity contribution in [1.82, 2.24) is 10.6 Å². The Kier molecular flexibility index (Phi) is 6.36. The molecule has 1 aromatic rings. The fourth-order valence-corrected chi connectivity index (χ4v) is 1.79. The van der Waals surface area contributed by atoms with E-state index in [0.29, 0.717) is 18.9 Å². The third-order valence-electron chi connectivity index (χ3n) is 2.82. The molecule has 0 bridgehead atoms. The maximum Gasteiger partial charge on any atom is 0.315 e. The molecule has 0 aliphatic rings. The Hall–Kier alpha value is -1.55. The van der Waals surface area contributed by atoms with Crippen LogP contribution in [-0.2, 0) is 6.54 Å². The van der Waals surface area contributed by atoms with Crippen molar-refractivity contribution in [3.05, 3.63) is 35.4 Å². The predicted octanol–water partition coefficient (Wildman–Crippen LogP) is 2.20. The van der Waals surface area contributed by atoms with Crippen molar-refractivity contribution in [2.75, 3.05) is 6.54 Å². The standard InChI is InChI=1S/C15H24N2O2/c1-11(2)8-14(18)10-17-15(19)16-9-13-6-4-12(3)5-7-13/h4-7,11,14,18H,8-10H2,1-3H3,(H2,16,17,19). The molecule has 0 aliphatic carbocycles. The van der Waals surface area contributed by atoms with Crippen molar-refractivity contribution in [2.45, 2.75) is 39.8 Å². The molecule has 1 rings (SSSR count). The van der Waals surface area contributed by atoms with Gasteiger partial charge in [0, 0.05) is 13.1 Å². The number of hydrogen-bond acceptors (Lipinski definition) is 2. The van der Waals surface area contributed by atoms with E-state index in [2.05, 4.69) is 10.6 Å². The van der Waals surface area contributed by atoms with E-state index in [0.717, 1.165) is 5.56 Å². The van der Waals surface area contributed by atoms with Crippen LogP contribution in [0.15, 0.2) is 24.3 Å². The Labute approximate surface area is 115 Å². The SMILES string of the molecule is Cc1ccc(CNC(=O)NCC(O)CC(C)C)cc1. The summed E-state index contributed by atoms with van der Waals surface area (Å²) in [5, 5.41) is 15.1. The van der Waals surface area contributed by atoms with Gasteiger partial charge in [-0.2, -0.15) is 0 Å². The van der Waals surface area contributed by atoms with Crippen LogP contribution in [0.1, 0.15) is 31.4 Å². The number of amides is 2. The average Bonchev–Trinajstić information content (AvgIpc) is 2.35. The number of aryl methyl sites for hydroxylation is 1. The summed E-state index contributed by atoms with van der Waals surface area (Å²) >= 11 is 0. The monoisotopic (exact) mass is 264 g/mol. The molecule has 0 heterocycles. The number of nitrogens with one attached hydrogen (secondary N) is 2. The molecule has 4 nitrogen and oxygen atoms in total. The summed E-state index contributed by atoms with van der Waals surface area (Å²) in [6, 6.07) is 7.76. The van der Waals surface area contributed by atoms with Gasteiger partial charge in [-0.1, -0.05) is 43.7 Å². The molecule has 0 fully saturated rings. The maximum atomic E-state index is 11.5. The minimum Gasteiger partial charge on any atom is -0.391 e. The summed E-state index contributed by atoms with van der Waals surface area (Å²) in [6.07, 6.45) is 0.211. The number of aliphatic hydroxyl groups excluding tert-OH is 1. The van der Waals surface area contributed by atoms with E-state index < -0.39 is 6.10 Å². The van der Waals surface area contributed by atoms with Gasteiger partial charge < -0.3 is 15.7 Å². The minimum absolute atomic E-state index is 0.247. The highest BCUT2D eigenvalue weighted by Gasteiger charge is 2.08. The first-order valence-electron chi connectivity index (χ1n) is 6.72. The number of rotatable bonds is 6. The topological polar surface area (TPSA) is 61.4 Å². The first kappa shape index (κ1) is 15.5. The highest BCUT2D eigenvalue weighted by Crippen LogP contribution is 2.03. The smallest absolute Gasteiger partial charge is 0.315 e. The van der Waals surface area contributed by atoms with Crippen LogP contribution in [0.4, 0.5) is 4.79 Å². The summed E-state index contributed by atoms with van der Waals surface area (Å²) in [5.41, 5.74) is 2.26.